The van der Waals surface area contributed by atoms with Gasteiger partial charge in [0.2, 0.25) is 0 Å². The first kappa shape index (κ1) is 15.0. The zero-order valence-electron chi connectivity index (χ0n) is 11.7. The van der Waals surface area contributed by atoms with E-state index in [-0.39, 0.29) is 5.97 Å². The Hall–Kier alpha value is -2.03. The van der Waals surface area contributed by atoms with Crippen molar-refractivity contribution in [1.29, 1.82) is 0 Å². The number of allylic oxidation sites excluding steroid dienone is 1. The molecular weight excluding hydrogens is 240 g/mol. The van der Waals surface area contributed by atoms with Crippen molar-refractivity contribution in [3.63, 3.8) is 0 Å². The van der Waals surface area contributed by atoms with Crippen molar-refractivity contribution in [3.8, 4) is 5.75 Å². The fourth-order valence-corrected chi connectivity index (χ4v) is 1.74. The maximum Gasteiger partial charge on any atom is 0.303 e. The third-order valence-corrected chi connectivity index (χ3v) is 2.62. The Morgan fingerprint density at radius 3 is 2.79 bits per heavy atom. The molecule has 0 fully saturated rings. The molecule has 0 aromatic heterocycles. The molecule has 3 nitrogen and oxygen atoms in total. The van der Waals surface area contributed by atoms with Gasteiger partial charge < -0.3 is 9.47 Å². The minimum absolute atomic E-state index is 0.342. The molecule has 19 heavy (non-hydrogen) atoms. The third-order valence-electron chi connectivity index (χ3n) is 2.62. The van der Waals surface area contributed by atoms with Crippen LogP contribution in [0.5, 0.6) is 5.75 Å². The van der Waals surface area contributed by atoms with E-state index in [1.54, 1.807) is 6.08 Å². The van der Waals surface area contributed by atoms with Gasteiger partial charge in [0.05, 0.1) is 0 Å². The zero-order valence-corrected chi connectivity index (χ0v) is 11.7. The van der Waals surface area contributed by atoms with Gasteiger partial charge in [-0.25, -0.2) is 0 Å². The smallest absolute Gasteiger partial charge is 0.303 e. The molecule has 0 bridgehead atoms. The number of aryl methyl sites for hydroxylation is 1. The molecule has 0 saturated heterocycles. The summed E-state index contributed by atoms with van der Waals surface area (Å²) in [5, 5.41) is 0. The lowest BCUT2D eigenvalue weighted by molar-refractivity contribution is -0.144. The molecule has 3 heteroatoms. The Balaban J connectivity index is 3.06. The highest BCUT2D eigenvalue weighted by molar-refractivity contribution is 5.66. The van der Waals surface area contributed by atoms with E-state index in [0.717, 1.165) is 16.9 Å². The van der Waals surface area contributed by atoms with E-state index in [9.17, 15) is 4.79 Å². The van der Waals surface area contributed by atoms with Crippen molar-refractivity contribution in [3.05, 3.63) is 54.1 Å². The average molecular weight is 260 g/mol. The second-order valence-corrected chi connectivity index (χ2v) is 4.14. The highest BCUT2D eigenvalue weighted by Gasteiger charge is 2.17. The van der Waals surface area contributed by atoms with Gasteiger partial charge in [0.25, 0.3) is 0 Å². The van der Waals surface area contributed by atoms with Crippen molar-refractivity contribution in [1.82, 2.24) is 0 Å². The lowest BCUT2D eigenvalue weighted by Gasteiger charge is -2.18. The van der Waals surface area contributed by atoms with E-state index in [4.69, 9.17) is 9.47 Å². The molecule has 0 spiro atoms. The molecule has 0 saturated carbocycles. The number of ether oxygens (including phenoxy) is 2. The van der Waals surface area contributed by atoms with Crippen LogP contribution in [0.25, 0.3) is 0 Å². The molecule has 1 aromatic carbocycles. The van der Waals surface area contributed by atoms with Crippen LogP contribution < -0.4 is 4.74 Å². The molecule has 0 aliphatic rings. The van der Waals surface area contributed by atoms with Crippen LogP contribution in [0.3, 0.4) is 0 Å². The first-order chi connectivity index (χ1) is 9.10. The molecular formula is C16H20O3. The maximum absolute atomic E-state index is 11.1. The second-order valence-electron chi connectivity index (χ2n) is 4.14. The number of hydrogen-bond donors (Lipinski definition) is 0. The molecule has 0 heterocycles. The number of carbonyl (C=O) groups excluding carboxylic acids is 1. The van der Waals surface area contributed by atoms with Gasteiger partial charge in [-0.1, -0.05) is 36.9 Å². The standard InChI is InChI=1S/C16H20O3/c1-5-7-11-18-16-12(3)9-8-10-14(16)15(6-2)19-13(4)17/h5-10,15H,2,11H2,1,3-4H3/b7-5-. The van der Waals surface area contributed by atoms with Crippen LogP contribution in [0.2, 0.25) is 0 Å². The number of rotatable bonds is 6. The highest BCUT2D eigenvalue weighted by atomic mass is 16.5. The lowest BCUT2D eigenvalue weighted by atomic mass is 10.0. The van der Waals surface area contributed by atoms with Crippen molar-refractivity contribution >= 4 is 5.97 Å². The topological polar surface area (TPSA) is 35.5 Å². The van der Waals surface area contributed by atoms with Crippen LogP contribution in [-0.4, -0.2) is 12.6 Å². The van der Waals surface area contributed by atoms with E-state index in [1.807, 2.05) is 44.2 Å². The molecule has 0 aliphatic heterocycles. The summed E-state index contributed by atoms with van der Waals surface area (Å²) >= 11 is 0. The van der Waals surface area contributed by atoms with Crippen molar-refractivity contribution in [2.75, 3.05) is 6.61 Å². The second kappa shape index (κ2) is 7.41. The molecule has 0 aliphatic carbocycles. The highest BCUT2D eigenvalue weighted by Crippen LogP contribution is 2.31. The first-order valence-corrected chi connectivity index (χ1v) is 6.23. The summed E-state index contributed by atoms with van der Waals surface area (Å²) in [7, 11) is 0. The van der Waals surface area contributed by atoms with Crippen LogP contribution in [0.4, 0.5) is 0 Å². The molecule has 1 atom stereocenters. The summed E-state index contributed by atoms with van der Waals surface area (Å²) in [5.41, 5.74) is 1.82. The maximum atomic E-state index is 11.1. The summed E-state index contributed by atoms with van der Waals surface area (Å²) in [6, 6.07) is 5.75. The number of esters is 1. The van der Waals surface area contributed by atoms with Gasteiger partial charge in [-0.05, 0) is 25.5 Å². The van der Waals surface area contributed by atoms with Gasteiger partial charge in [0.15, 0.2) is 0 Å². The number of benzene rings is 1. The number of hydrogen-bond acceptors (Lipinski definition) is 3. The number of carbonyl (C=O) groups is 1. The minimum Gasteiger partial charge on any atom is -0.489 e. The SMILES string of the molecule is C=CC(OC(C)=O)c1cccc(C)c1OC/C=C\C. The largest absolute Gasteiger partial charge is 0.489 e. The number of para-hydroxylation sites is 1. The van der Waals surface area contributed by atoms with Gasteiger partial charge in [-0.3, -0.25) is 4.79 Å². The summed E-state index contributed by atoms with van der Waals surface area (Å²) in [6.45, 7) is 9.48. The molecule has 102 valence electrons. The van der Waals surface area contributed by atoms with E-state index < -0.39 is 6.10 Å². The quantitative estimate of drug-likeness (QED) is 0.577. The normalized spacial score (nSPS) is 12.2. The minimum atomic E-state index is -0.488. The Morgan fingerprint density at radius 1 is 1.47 bits per heavy atom. The summed E-state index contributed by atoms with van der Waals surface area (Å²) < 4.78 is 11.0. The van der Waals surface area contributed by atoms with Gasteiger partial charge in [-0.15, -0.1) is 0 Å². The van der Waals surface area contributed by atoms with E-state index >= 15 is 0 Å². The Labute approximate surface area is 114 Å². The predicted octanol–water partition coefficient (Wildman–Crippen LogP) is 3.74. The van der Waals surface area contributed by atoms with Crippen molar-refractivity contribution in [2.45, 2.75) is 26.9 Å². The first-order valence-electron chi connectivity index (χ1n) is 6.23. The fourth-order valence-electron chi connectivity index (χ4n) is 1.74. The Morgan fingerprint density at radius 2 is 2.21 bits per heavy atom. The van der Waals surface area contributed by atoms with Gasteiger partial charge in [0, 0.05) is 12.5 Å². The zero-order chi connectivity index (χ0) is 14.3. The molecule has 0 N–H and O–H groups in total. The molecule has 0 amide bonds. The van der Waals surface area contributed by atoms with E-state index in [1.165, 1.54) is 6.92 Å². The van der Waals surface area contributed by atoms with Crippen LogP contribution >= 0.6 is 0 Å². The van der Waals surface area contributed by atoms with Crippen LogP contribution in [0.15, 0.2) is 43.0 Å². The van der Waals surface area contributed by atoms with Crippen LogP contribution in [0.1, 0.15) is 31.1 Å². The third kappa shape index (κ3) is 4.28. The molecule has 1 unspecified atom stereocenters. The summed E-state index contributed by atoms with van der Waals surface area (Å²) in [5.74, 6) is 0.401. The molecule has 0 radical (unpaired) electrons. The van der Waals surface area contributed by atoms with Crippen LogP contribution in [-0.2, 0) is 9.53 Å². The van der Waals surface area contributed by atoms with Crippen LogP contribution in [0, 0.1) is 6.92 Å². The van der Waals surface area contributed by atoms with Crippen molar-refractivity contribution in [2.24, 2.45) is 0 Å². The fraction of sp³-hybridized carbons (Fsp3) is 0.312. The average Bonchev–Trinajstić information content (AvgIpc) is 2.38. The Kier molecular flexibility index (Phi) is 5.86. The van der Waals surface area contributed by atoms with E-state index in [0.29, 0.717) is 6.61 Å². The van der Waals surface area contributed by atoms with Gasteiger partial charge in [-0.2, -0.15) is 0 Å². The molecule has 1 rings (SSSR count). The van der Waals surface area contributed by atoms with Gasteiger partial charge in [0.1, 0.15) is 18.5 Å². The lowest BCUT2D eigenvalue weighted by Crippen LogP contribution is -2.09. The monoisotopic (exact) mass is 260 g/mol. The summed E-state index contributed by atoms with van der Waals surface area (Å²) in [4.78, 5) is 11.1. The molecule has 1 aromatic rings. The predicted molar refractivity (Wildman–Crippen MR) is 76.2 cm³/mol. The Bertz CT molecular complexity index is 475. The van der Waals surface area contributed by atoms with Crippen molar-refractivity contribution < 1.29 is 14.3 Å². The van der Waals surface area contributed by atoms with E-state index in [2.05, 4.69) is 6.58 Å². The summed E-state index contributed by atoms with van der Waals surface area (Å²) in [6.07, 6.45) is 4.96. The van der Waals surface area contributed by atoms with Gasteiger partial charge >= 0.3 is 5.97 Å².